The lowest BCUT2D eigenvalue weighted by atomic mass is 10.2. The molecule has 128 valence electrons. The second-order valence-corrected chi connectivity index (χ2v) is 5.47. The summed E-state index contributed by atoms with van der Waals surface area (Å²) in [4.78, 5) is 9.26. The van der Waals surface area contributed by atoms with Crippen LogP contribution in [0.4, 0.5) is 11.5 Å². The van der Waals surface area contributed by atoms with E-state index >= 15 is 0 Å². The minimum atomic E-state index is 0. The van der Waals surface area contributed by atoms with E-state index in [9.17, 15) is 0 Å². The summed E-state index contributed by atoms with van der Waals surface area (Å²) in [5, 5.41) is 4.33. The number of hydrogen-bond acceptors (Lipinski definition) is 5. The third-order valence-corrected chi connectivity index (χ3v) is 3.91. The standard InChI is InChI=1S/C19H17N3O2.ClH/c1-3-16-21-17-14-9-4-5-10-15(14)24-18(17)19(22-16)20-12-7-6-8-13(11-12)23-2;/h4-11H,3H2,1-2H3,(H,20,21,22);1H. The van der Waals surface area contributed by atoms with E-state index in [1.807, 2.05) is 55.5 Å². The number of hydrogen-bond donors (Lipinski definition) is 1. The Labute approximate surface area is 151 Å². The van der Waals surface area contributed by atoms with Crippen molar-refractivity contribution in [3.63, 3.8) is 0 Å². The van der Waals surface area contributed by atoms with Crippen LogP contribution in [0.25, 0.3) is 22.1 Å². The summed E-state index contributed by atoms with van der Waals surface area (Å²) in [7, 11) is 1.65. The largest absolute Gasteiger partial charge is 0.497 e. The highest BCUT2D eigenvalue weighted by atomic mass is 35.5. The van der Waals surface area contributed by atoms with Gasteiger partial charge in [-0.15, -0.1) is 12.4 Å². The molecule has 0 unspecified atom stereocenters. The van der Waals surface area contributed by atoms with Crippen molar-refractivity contribution >= 4 is 46.0 Å². The highest BCUT2D eigenvalue weighted by Gasteiger charge is 2.15. The van der Waals surface area contributed by atoms with Crippen LogP contribution in [0.1, 0.15) is 12.7 Å². The number of aryl methyl sites for hydroxylation is 1. The molecule has 0 aliphatic rings. The Morgan fingerprint density at radius 3 is 2.72 bits per heavy atom. The van der Waals surface area contributed by atoms with E-state index in [0.717, 1.165) is 40.2 Å². The van der Waals surface area contributed by atoms with Gasteiger partial charge >= 0.3 is 0 Å². The SMILES string of the molecule is CCc1nc(Nc2cccc(OC)c2)c2oc3ccccc3c2n1.Cl. The lowest BCUT2D eigenvalue weighted by Gasteiger charge is -2.08. The van der Waals surface area contributed by atoms with Crippen molar-refractivity contribution in [1.82, 2.24) is 9.97 Å². The van der Waals surface area contributed by atoms with Gasteiger partial charge in [0.1, 0.15) is 22.7 Å². The van der Waals surface area contributed by atoms with Crippen LogP contribution >= 0.6 is 12.4 Å². The van der Waals surface area contributed by atoms with Crippen LogP contribution in [0.3, 0.4) is 0 Å². The fourth-order valence-electron chi connectivity index (χ4n) is 2.72. The molecule has 4 aromatic rings. The van der Waals surface area contributed by atoms with Crippen molar-refractivity contribution in [2.45, 2.75) is 13.3 Å². The number of nitrogens with one attached hydrogen (secondary N) is 1. The maximum atomic E-state index is 5.99. The molecule has 2 aromatic carbocycles. The molecule has 4 rings (SSSR count). The van der Waals surface area contributed by atoms with Crippen LogP contribution in [-0.2, 0) is 6.42 Å². The van der Waals surface area contributed by atoms with Crippen molar-refractivity contribution < 1.29 is 9.15 Å². The Balaban J connectivity index is 0.00000182. The molecular formula is C19H18ClN3O2. The molecule has 0 saturated carbocycles. The smallest absolute Gasteiger partial charge is 0.196 e. The summed E-state index contributed by atoms with van der Waals surface area (Å²) in [6, 6.07) is 15.6. The Morgan fingerprint density at radius 2 is 1.92 bits per heavy atom. The van der Waals surface area contributed by atoms with Gasteiger partial charge in [0.2, 0.25) is 0 Å². The average Bonchev–Trinajstić information content (AvgIpc) is 3.01. The zero-order chi connectivity index (χ0) is 16.5. The normalized spacial score (nSPS) is 10.6. The number of aromatic nitrogens is 2. The van der Waals surface area contributed by atoms with Gasteiger partial charge in [0.05, 0.1) is 7.11 Å². The summed E-state index contributed by atoms with van der Waals surface area (Å²) in [6.45, 7) is 2.04. The fraction of sp³-hybridized carbons (Fsp3) is 0.158. The quantitative estimate of drug-likeness (QED) is 0.551. The van der Waals surface area contributed by atoms with E-state index in [4.69, 9.17) is 9.15 Å². The first-order valence-electron chi connectivity index (χ1n) is 7.87. The van der Waals surface area contributed by atoms with Crippen molar-refractivity contribution in [3.05, 3.63) is 54.4 Å². The van der Waals surface area contributed by atoms with E-state index in [0.29, 0.717) is 11.4 Å². The molecule has 0 spiro atoms. The molecule has 0 atom stereocenters. The molecule has 2 heterocycles. The Hall–Kier alpha value is -2.79. The maximum absolute atomic E-state index is 5.99. The molecule has 0 radical (unpaired) electrons. The van der Waals surface area contributed by atoms with Gasteiger partial charge in [-0.3, -0.25) is 0 Å². The van der Waals surface area contributed by atoms with Gasteiger partial charge in [0, 0.05) is 23.6 Å². The van der Waals surface area contributed by atoms with E-state index in [1.165, 1.54) is 0 Å². The van der Waals surface area contributed by atoms with Crippen molar-refractivity contribution in [2.24, 2.45) is 0 Å². The Kier molecular flexibility index (Phi) is 4.76. The van der Waals surface area contributed by atoms with Gasteiger partial charge in [-0.05, 0) is 24.3 Å². The van der Waals surface area contributed by atoms with Crippen LogP contribution < -0.4 is 10.1 Å². The molecule has 0 fully saturated rings. The lowest BCUT2D eigenvalue weighted by molar-refractivity contribution is 0.415. The number of rotatable bonds is 4. The predicted octanol–water partition coefficient (Wildman–Crippen LogP) is 5.11. The molecule has 0 bridgehead atoms. The van der Waals surface area contributed by atoms with Crippen molar-refractivity contribution in [1.29, 1.82) is 0 Å². The maximum Gasteiger partial charge on any atom is 0.196 e. The second-order valence-electron chi connectivity index (χ2n) is 5.47. The number of nitrogens with zero attached hydrogens (tertiary/aromatic N) is 2. The summed E-state index contributed by atoms with van der Waals surface area (Å²) >= 11 is 0. The van der Waals surface area contributed by atoms with E-state index in [2.05, 4.69) is 15.3 Å². The Bertz CT molecular complexity index is 1030. The molecular weight excluding hydrogens is 338 g/mol. The van der Waals surface area contributed by atoms with E-state index < -0.39 is 0 Å². The number of para-hydroxylation sites is 1. The number of fused-ring (bicyclic) bond motifs is 3. The first kappa shape index (κ1) is 17.0. The first-order valence-corrected chi connectivity index (χ1v) is 7.87. The number of ether oxygens (including phenoxy) is 1. The topological polar surface area (TPSA) is 60.2 Å². The monoisotopic (exact) mass is 355 g/mol. The molecule has 25 heavy (non-hydrogen) atoms. The molecule has 0 amide bonds. The van der Waals surface area contributed by atoms with Gasteiger partial charge < -0.3 is 14.5 Å². The number of benzene rings is 2. The summed E-state index contributed by atoms with van der Waals surface area (Å²) in [6.07, 6.45) is 0.752. The number of halogens is 1. The highest BCUT2D eigenvalue weighted by molar-refractivity contribution is 6.06. The summed E-state index contributed by atoms with van der Waals surface area (Å²) < 4.78 is 11.3. The molecule has 2 aromatic heterocycles. The first-order chi connectivity index (χ1) is 11.8. The minimum Gasteiger partial charge on any atom is -0.497 e. The zero-order valence-corrected chi connectivity index (χ0v) is 14.8. The molecule has 6 heteroatoms. The molecule has 1 N–H and O–H groups in total. The van der Waals surface area contributed by atoms with Crippen molar-refractivity contribution in [2.75, 3.05) is 12.4 Å². The van der Waals surface area contributed by atoms with Crippen LogP contribution in [0, 0.1) is 0 Å². The van der Waals surface area contributed by atoms with Crippen LogP contribution in [0.5, 0.6) is 5.75 Å². The van der Waals surface area contributed by atoms with Crippen LogP contribution in [0.2, 0.25) is 0 Å². The average molecular weight is 356 g/mol. The number of methoxy groups -OCH3 is 1. The summed E-state index contributed by atoms with van der Waals surface area (Å²) in [5.74, 6) is 2.23. The third kappa shape index (κ3) is 3.10. The van der Waals surface area contributed by atoms with Gasteiger partial charge in [-0.1, -0.05) is 25.1 Å². The van der Waals surface area contributed by atoms with Gasteiger partial charge in [0.25, 0.3) is 0 Å². The zero-order valence-electron chi connectivity index (χ0n) is 13.9. The molecule has 0 aliphatic carbocycles. The molecule has 0 aliphatic heterocycles. The second kappa shape index (κ2) is 6.99. The van der Waals surface area contributed by atoms with Gasteiger partial charge in [0.15, 0.2) is 11.4 Å². The van der Waals surface area contributed by atoms with Gasteiger partial charge in [-0.25, -0.2) is 9.97 Å². The highest BCUT2D eigenvalue weighted by Crippen LogP contribution is 2.33. The minimum absolute atomic E-state index is 0. The molecule has 5 nitrogen and oxygen atoms in total. The third-order valence-electron chi connectivity index (χ3n) is 3.91. The number of furan rings is 1. The van der Waals surface area contributed by atoms with E-state index in [1.54, 1.807) is 7.11 Å². The molecule has 0 saturated heterocycles. The lowest BCUT2D eigenvalue weighted by Crippen LogP contribution is -2.00. The fourth-order valence-corrected chi connectivity index (χ4v) is 2.72. The number of anilines is 2. The van der Waals surface area contributed by atoms with Gasteiger partial charge in [-0.2, -0.15) is 0 Å². The van der Waals surface area contributed by atoms with Crippen LogP contribution in [-0.4, -0.2) is 17.1 Å². The van der Waals surface area contributed by atoms with Crippen molar-refractivity contribution in [3.8, 4) is 5.75 Å². The Morgan fingerprint density at radius 1 is 1.08 bits per heavy atom. The predicted molar refractivity (Wildman–Crippen MR) is 102 cm³/mol. The van der Waals surface area contributed by atoms with E-state index in [-0.39, 0.29) is 12.4 Å². The summed E-state index contributed by atoms with van der Waals surface area (Å²) in [5.41, 5.74) is 3.19. The van der Waals surface area contributed by atoms with Crippen LogP contribution in [0.15, 0.2) is 52.9 Å².